The van der Waals surface area contributed by atoms with E-state index in [4.69, 9.17) is 14.2 Å². The molecule has 0 aromatic heterocycles. The van der Waals surface area contributed by atoms with Crippen molar-refractivity contribution in [2.75, 3.05) is 18.5 Å². The minimum absolute atomic E-state index is 0.0106. The number of rotatable bonds is 3. The van der Waals surface area contributed by atoms with E-state index in [2.05, 4.69) is 5.32 Å². The van der Waals surface area contributed by atoms with E-state index in [1.54, 1.807) is 0 Å². The number of nitrogens with one attached hydrogen (secondary N) is 1. The summed E-state index contributed by atoms with van der Waals surface area (Å²) in [5.41, 5.74) is 2.84. The quantitative estimate of drug-likeness (QED) is 0.721. The summed E-state index contributed by atoms with van der Waals surface area (Å²) < 4.78 is 17.4. The number of carbonyl (C=O) groups excluding carboxylic acids is 1. The number of amides is 1. The molecule has 0 aliphatic carbocycles. The third-order valence-corrected chi connectivity index (χ3v) is 4.99. The lowest BCUT2D eigenvalue weighted by molar-refractivity contribution is -0.116. The van der Waals surface area contributed by atoms with Gasteiger partial charge in [0.05, 0.1) is 0 Å². The summed E-state index contributed by atoms with van der Waals surface area (Å²) in [4.78, 5) is 12.3. The first-order valence-electron chi connectivity index (χ1n) is 9.32. The number of hydrogen-bond acceptors (Lipinski definition) is 4. The topological polar surface area (TPSA) is 56.8 Å². The molecule has 0 fully saturated rings. The van der Waals surface area contributed by atoms with Crippen LogP contribution in [-0.2, 0) is 4.79 Å². The Hall–Kier alpha value is -3.47. The van der Waals surface area contributed by atoms with Crippen LogP contribution in [0.15, 0.2) is 66.7 Å². The summed E-state index contributed by atoms with van der Waals surface area (Å²) in [6.07, 6.45) is 0.376. The fourth-order valence-electron chi connectivity index (χ4n) is 3.71. The van der Waals surface area contributed by atoms with Gasteiger partial charge in [-0.15, -0.1) is 0 Å². The first kappa shape index (κ1) is 16.7. The van der Waals surface area contributed by atoms with Gasteiger partial charge in [-0.3, -0.25) is 4.79 Å². The molecule has 140 valence electrons. The number of hydrogen-bond donors (Lipinski definition) is 1. The van der Waals surface area contributed by atoms with Gasteiger partial charge in [0.1, 0.15) is 24.7 Å². The highest BCUT2D eigenvalue weighted by molar-refractivity contribution is 5.96. The molecule has 5 heteroatoms. The number of ether oxygens (including phenoxy) is 3. The second-order valence-corrected chi connectivity index (χ2v) is 6.88. The number of benzene rings is 3. The lowest BCUT2D eigenvalue weighted by Gasteiger charge is -2.29. The minimum Gasteiger partial charge on any atom is -0.486 e. The van der Waals surface area contributed by atoms with E-state index in [1.807, 2.05) is 66.7 Å². The highest BCUT2D eigenvalue weighted by atomic mass is 16.6. The Morgan fingerprint density at radius 1 is 0.857 bits per heavy atom. The second kappa shape index (κ2) is 6.93. The van der Waals surface area contributed by atoms with Crippen LogP contribution >= 0.6 is 0 Å². The van der Waals surface area contributed by atoms with Gasteiger partial charge in [-0.05, 0) is 41.5 Å². The fourth-order valence-corrected chi connectivity index (χ4v) is 3.71. The van der Waals surface area contributed by atoms with Crippen LogP contribution in [0.1, 0.15) is 23.5 Å². The second-order valence-electron chi connectivity index (χ2n) is 6.88. The third-order valence-electron chi connectivity index (χ3n) is 4.99. The molecule has 2 heterocycles. The van der Waals surface area contributed by atoms with Crippen molar-refractivity contribution in [1.29, 1.82) is 0 Å². The molecule has 0 radical (unpaired) electrons. The maximum absolute atomic E-state index is 12.3. The zero-order valence-electron chi connectivity index (χ0n) is 15.2. The third kappa shape index (κ3) is 3.16. The summed E-state index contributed by atoms with van der Waals surface area (Å²) in [6.45, 7) is 1.05. The lowest BCUT2D eigenvalue weighted by atomic mass is 9.84. The molecule has 0 bridgehead atoms. The Morgan fingerprint density at radius 3 is 2.43 bits per heavy atom. The molecule has 2 aliphatic heterocycles. The van der Waals surface area contributed by atoms with Crippen LogP contribution in [0.3, 0.4) is 0 Å². The molecule has 1 N–H and O–H groups in total. The van der Waals surface area contributed by atoms with Crippen molar-refractivity contribution >= 4 is 11.6 Å². The molecule has 0 unspecified atom stereocenters. The molecule has 0 spiro atoms. The molecule has 1 atom stereocenters. The first-order chi connectivity index (χ1) is 13.8. The molecule has 5 rings (SSSR count). The van der Waals surface area contributed by atoms with Gasteiger partial charge in [-0.25, -0.2) is 0 Å². The van der Waals surface area contributed by atoms with E-state index in [1.165, 1.54) is 0 Å². The zero-order valence-corrected chi connectivity index (χ0v) is 15.2. The maximum Gasteiger partial charge on any atom is 0.225 e. The van der Waals surface area contributed by atoms with Crippen LogP contribution in [0.25, 0.3) is 0 Å². The van der Waals surface area contributed by atoms with Crippen molar-refractivity contribution in [2.24, 2.45) is 0 Å². The largest absolute Gasteiger partial charge is 0.486 e. The van der Waals surface area contributed by atoms with E-state index in [0.29, 0.717) is 25.4 Å². The molecule has 3 aromatic rings. The van der Waals surface area contributed by atoms with Gasteiger partial charge in [-0.1, -0.05) is 30.3 Å². The highest BCUT2D eigenvalue weighted by Gasteiger charge is 2.29. The average molecular weight is 373 g/mol. The van der Waals surface area contributed by atoms with Gasteiger partial charge >= 0.3 is 0 Å². The standard InChI is InChI=1S/C23H19NO4/c25-23-13-18(19-12-21-22(14-20(19)24-23)27-10-9-26-21)15-5-4-8-17(11-15)28-16-6-2-1-3-7-16/h1-8,11-12,14,18H,9-10,13H2,(H,24,25)/t18-/m1/s1. The van der Waals surface area contributed by atoms with Crippen LogP contribution in [0.4, 0.5) is 5.69 Å². The number of carbonyl (C=O) groups is 1. The normalized spacial score (nSPS) is 17.4. The molecule has 2 aliphatic rings. The van der Waals surface area contributed by atoms with Gasteiger partial charge in [0.15, 0.2) is 11.5 Å². The van der Waals surface area contributed by atoms with Gasteiger partial charge in [-0.2, -0.15) is 0 Å². The fraction of sp³-hybridized carbons (Fsp3) is 0.174. The first-order valence-corrected chi connectivity index (χ1v) is 9.32. The summed E-state index contributed by atoms with van der Waals surface area (Å²) in [5, 5.41) is 2.96. The van der Waals surface area contributed by atoms with E-state index in [9.17, 15) is 4.79 Å². The van der Waals surface area contributed by atoms with Crippen LogP contribution in [0.2, 0.25) is 0 Å². The molecule has 0 saturated carbocycles. The van der Waals surface area contributed by atoms with Crippen molar-refractivity contribution in [3.63, 3.8) is 0 Å². The van der Waals surface area contributed by atoms with E-state index in [0.717, 1.165) is 34.1 Å². The SMILES string of the molecule is O=C1C[C@H](c2cccc(Oc3ccccc3)c2)c2cc3c(cc2N1)OCCO3. The van der Waals surface area contributed by atoms with Gasteiger partial charge in [0, 0.05) is 24.1 Å². The van der Waals surface area contributed by atoms with Crippen LogP contribution in [-0.4, -0.2) is 19.1 Å². The van der Waals surface area contributed by atoms with Crippen molar-refractivity contribution < 1.29 is 19.0 Å². The Kier molecular flexibility index (Phi) is 4.13. The summed E-state index contributed by atoms with van der Waals surface area (Å²) >= 11 is 0. The number of fused-ring (bicyclic) bond motifs is 2. The summed E-state index contributed by atoms with van der Waals surface area (Å²) in [7, 11) is 0. The highest BCUT2D eigenvalue weighted by Crippen LogP contribution is 2.44. The van der Waals surface area contributed by atoms with Gasteiger partial charge in [0.2, 0.25) is 5.91 Å². The number of anilines is 1. The van der Waals surface area contributed by atoms with Crippen molar-refractivity contribution in [3.8, 4) is 23.0 Å². The number of para-hydroxylation sites is 1. The van der Waals surface area contributed by atoms with Crippen LogP contribution in [0, 0.1) is 0 Å². The predicted octanol–water partition coefficient (Wildman–Crippen LogP) is 4.72. The summed E-state index contributed by atoms with van der Waals surface area (Å²) in [5.74, 6) is 2.84. The molecule has 3 aromatic carbocycles. The monoisotopic (exact) mass is 373 g/mol. The van der Waals surface area contributed by atoms with E-state index >= 15 is 0 Å². The molecular formula is C23H19NO4. The zero-order chi connectivity index (χ0) is 18.9. The maximum atomic E-state index is 12.3. The Bertz CT molecular complexity index is 1030. The van der Waals surface area contributed by atoms with Gasteiger partial charge in [0.25, 0.3) is 0 Å². The Balaban J connectivity index is 1.51. The molecule has 1 amide bonds. The van der Waals surface area contributed by atoms with Crippen molar-refractivity contribution in [3.05, 3.63) is 77.9 Å². The molecule has 0 saturated heterocycles. The van der Waals surface area contributed by atoms with Crippen LogP contribution < -0.4 is 19.5 Å². The van der Waals surface area contributed by atoms with E-state index < -0.39 is 0 Å². The van der Waals surface area contributed by atoms with Crippen LogP contribution in [0.5, 0.6) is 23.0 Å². The predicted molar refractivity (Wildman–Crippen MR) is 105 cm³/mol. The van der Waals surface area contributed by atoms with Crippen molar-refractivity contribution in [2.45, 2.75) is 12.3 Å². The summed E-state index contributed by atoms with van der Waals surface area (Å²) in [6, 6.07) is 21.4. The van der Waals surface area contributed by atoms with Crippen molar-refractivity contribution in [1.82, 2.24) is 0 Å². The van der Waals surface area contributed by atoms with E-state index in [-0.39, 0.29) is 11.8 Å². The molecular weight excluding hydrogens is 354 g/mol. The Labute approximate surface area is 162 Å². The Morgan fingerprint density at radius 2 is 1.61 bits per heavy atom. The lowest BCUT2D eigenvalue weighted by Crippen LogP contribution is -2.24. The minimum atomic E-state index is -0.0705. The molecule has 28 heavy (non-hydrogen) atoms. The molecule has 5 nitrogen and oxygen atoms in total. The smallest absolute Gasteiger partial charge is 0.225 e. The average Bonchev–Trinajstić information content (AvgIpc) is 2.73. The van der Waals surface area contributed by atoms with Gasteiger partial charge < -0.3 is 19.5 Å².